The maximum atomic E-state index is 12.1. The molecule has 0 atom stereocenters. The van der Waals surface area contributed by atoms with E-state index >= 15 is 0 Å². The minimum absolute atomic E-state index is 0.212. The quantitative estimate of drug-likeness (QED) is 0.725. The Kier molecular flexibility index (Phi) is 2.87. The molecule has 5 nitrogen and oxygen atoms in total. The normalized spacial score (nSPS) is 11.1. The number of rotatable bonds is 2. The summed E-state index contributed by atoms with van der Waals surface area (Å²) in [5.74, 6) is 0. The maximum absolute atomic E-state index is 12.1. The third kappa shape index (κ3) is 1.94. The average molecular weight is 272 g/mol. The van der Waals surface area contributed by atoms with E-state index in [0.717, 1.165) is 16.5 Å². The average Bonchev–Trinajstić information content (AvgIpc) is 2.76. The van der Waals surface area contributed by atoms with Gasteiger partial charge < -0.3 is 4.57 Å². The third-order valence-corrected chi connectivity index (χ3v) is 3.59. The molecule has 0 saturated heterocycles. The molecule has 0 radical (unpaired) electrons. The molecule has 0 unspecified atom stereocenters. The molecule has 19 heavy (non-hydrogen) atoms. The van der Waals surface area contributed by atoms with E-state index in [1.807, 2.05) is 48.3 Å². The van der Waals surface area contributed by atoms with E-state index in [1.54, 1.807) is 0 Å². The minimum Gasteiger partial charge on any atom is -0.350 e. The van der Waals surface area contributed by atoms with E-state index < -0.39 is 0 Å². The Balaban J connectivity index is 2.28. The van der Waals surface area contributed by atoms with Gasteiger partial charge in [0.15, 0.2) is 10.9 Å². The van der Waals surface area contributed by atoms with Crippen molar-refractivity contribution >= 4 is 22.7 Å². The van der Waals surface area contributed by atoms with Gasteiger partial charge in [-0.05, 0) is 12.3 Å². The van der Waals surface area contributed by atoms with Crippen molar-refractivity contribution < 1.29 is 0 Å². The molecule has 3 rings (SSSR count). The Morgan fingerprint density at radius 1 is 1.26 bits per heavy atom. The van der Waals surface area contributed by atoms with Crippen molar-refractivity contribution in [3.63, 3.8) is 0 Å². The van der Waals surface area contributed by atoms with Crippen molar-refractivity contribution in [3.8, 4) is 11.3 Å². The second-order valence-corrected chi connectivity index (χ2v) is 4.98. The van der Waals surface area contributed by atoms with E-state index in [9.17, 15) is 4.79 Å². The molecule has 3 aromatic rings. The van der Waals surface area contributed by atoms with Crippen LogP contribution in [-0.4, -0.2) is 26.0 Å². The lowest BCUT2D eigenvalue weighted by atomic mass is 10.1. The first-order chi connectivity index (χ1) is 9.20. The molecule has 0 saturated carbocycles. The fourth-order valence-corrected chi connectivity index (χ4v) is 2.44. The number of hydrogen-bond donors (Lipinski definition) is 1. The van der Waals surface area contributed by atoms with Crippen molar-refractivity contribution in [3.05, 3.63) is 40.8 Å². The van der Waals surface area contributed by atoms with Gasteiger partial charge in [-0.25, -0.2) is 0 Å². The monoisotopic (exact) mass is 272 g/mol. The maximum Gasteiger partial charge on any atom is 0.278 e. The van der Waals surface area contributed by atoms with Crippen LogP contribution < -0.4 is 5.56 Å². The van der Waals surface area contributed by atoms with Gasteiger partial charge in [-0.3, -0.25) is 9.78 Å². The second kappa shape index (κ2) is 4.55. The topological polar surface area (TPSA) is 63.6 Å². The summed E-state index contributed by atoms with van der Waals surface area (Å²) in [7, 11) is 1.95. The summed E-state index contributed by atoms with van der Waals surface area (Å²) in [6.07, 6.45) is 3.75. The first kappa shape index (κ1) is 12.0. The molecule has 0 aliphatic heterocycles. The van der Waals surface area contributed by atoms with Gasteiger partial charge in [0.1, 0.15) is 0 Å². The number of benzene rings is 1. The van der Waals surface area contributed by atoms with Gasteiger partial charge in [0.2, 0.25) is 0 Å². The van der Waals surface area contributed by atoms with Gasteiger partial charge >= 0.3 is 0 Å². The summed E-state index contributed by atoms with van der Waals surface area (Å²) in [6, 6.07) is 7.91. The van der Waals surface area contributed by atoms with Crippen LogP contribution >= 0.6 is 11.8 Å². The van der Waals surface area contributed by atoms with Gasteiger partial charge in [-0.15, -0.1) is 10.2 Å². The van der Waals surface area contributed by atoms with Crippen molar-refractivity contribution in [2.75, 3.05) is 6.26 Å². The van der Waals surface area contributed by atoms with E-state index in [0.29, 0.717) is 10.9 Å². The van der Waals surface area contributed by atoms with Crippen LogP contribution in [0.5, 0.6) is 0 Å². The second-order valence-electron chi connectivity index (χ2n) is 4.18. The molecule has 0 fully saturated rings. The molecule has 0 amide bonds. The molecule has 0 aliphatic rings. The number of aromatic nitrogens is 4. The summed E-state index contributed by atoms with van der Waals surface area (Å²) in [6.45, 7) is 0. The van der Waals surface area contributed by atoms with Crippen LogP contribution in [0.3, 0.4) is 0 Å². The Morgan fingerprint density at radius 2 is 2.05 bits per heavy atom. The molecule has 96 valence electrons. The van der Waals surface area contributed by atoms with Gasteiger partial charge in [0.25, 0.3) is 5.56 Å². The van der Waals surface area contributed by atoms with Crippen molar-refractivity contribution in [2.45, 2.75) is 5.16 Å². The molecule has 2 heterocycles. The number of thioether (sulfide) groups is 1. The Labute approximate surface area is 113 Å². The van der Waals surface area contributed by atoms with Gasteiger partial charge in [-0.2, -0.15) is 0 Å². The molecule has 1 N–H and O–H groups in total. The number of H-pyrrole nitrogens is 1. The largest absolute Gasteiger partial charge is 0.350 e. The highest BCUT2D eigenvalue weighted by molar-refractivity contribution is 7.98. The van der Waals surface area contributed by atoms with E-state index in [2.05, 4.69) is 15.2 Å². The number of nitrogens with one attached hydrogen (secondary N) is 1. The number of aryl methyl sites for hydroxylation is 1. The zero-order valence-electron chi connectivity index (χ0n) is 10.5. The van der Waals surface area contributed by atoms with Gasteiger partial charge in [-0.1, -0.05) is 30.0 Å². The lowest BCUT2D eigenvalue weighted by Crippen LogP contribution is -2.13. The van der Waals surface area contributed by atoms with Gasteiger partial charge in [0.05, 0.1) is 0 Å². The minimum atomic E-state index is -0.212. The third-order valence-electron chi connectivity index (χ3n) is 3.02. The summed E-state index contributed by atoms with van der Waals surface area (Å²) in [5, 5.41) is 9.58. The fourth-order valence-electron chi connectivity index (χ4n) is 2.12. The standard InChI is InChI=1S/C13H12N4OS/c1-17-7-9(8-5-3-4-6-10(8)17)11-12(18)14-13(19-2)16-15-11/h3-7H,1-2H3,(H,14,16,18). The summed E-state index contributed by atoms with van der Waals surface area (Å²) >= 11 is 1.36. The van der Waals surface area contributed by atoms with E-state index in [4.69, 9.17) is 0 Å². The zero-order chi connectivity index (χ0) is 13.4. The first-order valence-electron chi connectivity index (χ1n) is 5.76. The highest BCUT2D eigenvalue weighted by atomic mass is 32.2. The molecule has 2 aromatic heterocycles. The number of hydrogen-bond acceptors (Lipinski definition) is 4. The lowest BCUT2D eigenvalue weighted by molar-refractivity contribution is 0.825. The predicted molar refractivity (Wildman–Crippen MR) is 76.3 cm³/mol. The first-order valence-corrected chi connectivity index (χ1v) is 6.98. The zero-order valence-corrected chi connectivity index (χ0v) is 11.4. The van der Waals surface area contributed by atoms with Crippen molar-refractivity contribution in [1.29, 1.82) is 0 Å². The highest BCUT2D eigenvalue weighted by Gasteiger charge is 2.13. The predicted octanol–water partition coefficient (Wildman–Crippen LogP) is 2.05. The Hall–Kier alpha value is -2.08. The molecule has 0 aliphatic carbocycles. The Morgan fingerprint density at radius 3 is 2.79 bits per heavy atom. The summed E-state index contributed by atoms with van der Waals surface area (Å²) in [5.41, 5.74) is 2.01. The lowest BCUT2D eigenvalue weighted by Gasteiger charge is -1.98. The summed E-state index contributed by atoms with van der Waals surface area (Å²) in [4.78, 5) is 14.8. The van der Waals surface area contributed by atoms with Crippen LogP contribution in [0.2, 0.25) is 0 Å². The van der Waals surface area contributed by atoms with Crippen LogP contribution in [0.1, 0.15) is 0 Å². The van der Waals surface area contributed by atoms with Crippen LogP contribution in [-0.2, 0) is 7.05 Å². The highest BCUT2D eigenvalue weighted by Crippen LogP contribution is 2.26. The molecule has 0 bridgehead atoms. The van der Waals surface area contributed by atoms with Crippen LogP contribution in [0.25, 0.3) is 22.2 Å². The SMILES string of the molecule is CSc1nnc(-c2cn(C)c3ccccc23)c(=O)[nH]1. The van der Waals surface area contributed by atoms with Gasteiger partial charge in [0, 0.05) is 29.7 Å². The van der Waals surface area contributed by atoms with E-state index in [-0.39, 0.29) is 5.56 Å². The number of para-hydroxylation sites is 1. The van der Waals surface area contributed by atoms with Crippen LogP contribution in [0.15, 0.2) is 40.4 Å². The Bertz CT molecular complexity index is 806. The van der Waals surface area contributed by atoms with E-state index in [1.165, 1.54) is 11.8 Å². The molecular formula is C13H12N4OS. The summed E-state index contributed by atoms with van der Waals surface area (Å²) < 4.78 is 1.98. The number of aromatic amines is 1. The van der Waals surface area contributed by atoms with Crippen LogP contribution in [0.4, 0.5) is 0 Å². The number of fused-ring (bicyclic) bond motifs is 1. The number of nitrogens with zero attached hydrogens (tertiary/aromatic N) is 3. The molecular weight excluding hydrogens is 260 g/mol. The fraction of sp³-hybridized carbons (Fsp3) is 0.154. The van der Waals surface area contributed by atoms with Crippen molar-refractivity contribution in [2.24, 2.45) is 7.05 Å². The van der Waals surface area contributed by atoms with Crippen molar-refractivity contribution in [1.82, 2.24) is 19.7 Å². The van der Waals surface area contributed by atoms with Crippen LogP contribution in [0, 0.1) is 0 Å². The molecule has 6 heteroatoms. The molecule has 1 aromatic carbocycles. The molecule has 0 spiro atoms. The smallest absolute Gasteiger partial charge is 0.278 e.